The molecule has 100 valence electrons. The highest BCUT2D eigenvalue weighted by Gasteiger charge is 2.15. The minimum absolute atomic E-state index is 0.489. The van der Waals surface area contributed by atoms with E-state index in [1.54, 1.807) is 7.11 Å². The van der Waals surface area contributed by atoms with Crippen LogP contribution in [0.3, 0.4) is 0 Å². The van der Waals surface area contributed by atoms with Crippen LogP contribution in [0.5, 0.6) is 5.75 Å². The fraction of sp³-hybridized carbons (Fsp3) is 0.400. The number of aryl methyl sites for hydroxylation is 1. The summed E-state index contributed by atoms with van der Waals surface area (Å²) in [7, 11) is 1.69. The first-order chi connectivity index (χ1) is 9.26. The van der Waals surface area contributed by atoms with Gasteiger partial charge in [0.2, 0.25) is 0 Å². The summed E-state index contributed by atoms with van der Waals surface area (Å²) in [5.41, 5.74) is 2.23. The topological polar surface area (TPSA) is 46.2 Å². The number of nitrogens with one attached hydrogen (secondary N) is 2. The molecule has 1 atom stereocenters. The molecule has 2 N–H and O–H groups in total. The van der Waals surface area contributed by atoms with Crippen molar-refractivity contribution in [2.45, 2.75) is 19.4 Å². The first-order valence-corrected chi connectivity index (χ1v) is 6.69. The number of fused-ring (bicyclic) bond motifs is 1. The normalized spacial score (nSPS) is 18.7. The number of hydrogen-bond donors (Lipinski definition) is 2. The van der Waals surface area contributed by atoms with Gasteiger partial charge in [0.15, 0.2) is 0 Å². The summed E-state index contributed by atoms with van der Waals surface area (Å²) < 4.78 is 5.26. The van der Waals surface area contributed by atoms with E-state index in [-0.39, 0.29) is 0 Å². The number of methoxy groups -OCH3 is 1. The van der Waals surface area contributed by atoms with Crippen molar-refractivity contribution in [2.24, 2.45) is 0 Å². The molecule has 1 unspecified atom stereocenters. The Bertz CT molecular complexity index is 591. The molecule has 0 radical (unpaired) electrons. The Kier molecular flexibility index (Phi) is 3.25. The minimum Gasteiger partial charge on any atom is -0.497 e. The number of ether oxygens (including phenoxy) is 1. The number of benzene rings is 1. The molecule has 1 aromatic carbocycles. The summed E-state index contributed by atoms with van der Waals surface area (Å²) >= 11 is 0. The second kappa shape index (κ2) is 5.05. The molecular weight excluding hydrogens is 238 g/mol. The van der Waals surface area contributed by atoms with E-state index < -0.39 is 0 Å². The fourth-order valence-electron chi connectivity index (χ4n) is 2.56. The largest absolute Gasteiger partial charge is 0.497 e. The van der Waals surface area contributed by atoms with Crippen LogP contribution in [0.1, 0.15) is 12.0 Å². The summed E-state index contributed by atoms with van der Waals surface area (Å²) in [5.74, 6) is 1.84. The van der Waals surface area contributed by atoms with Crippen LogP contribution in [0.4, 0.5) is 5.82 Å². The van der Waals surface area contributed by atoms with Crippen molar-refractivity contribution in [1.29, 1.82) is 0 Å². The number of rotatable bonds is 3. The van der Waals surface area contributed by atoms with Crippen molar-refractivity contribution in [2.75, 3.05) is 25.5 Å². The lowest BCUT2D eigenvalue weighted by atomic mass is 10.1. The molecule has 1 aromatic heterocycles. The molecule has 1 saturated heterocycles. The van der Waals surface area contributed by atoms with Crippen molar-refractivity contribution in [3.8, 4) is 5.75 Å². The van der Waals surface area contributed by atoms with Gasteiger partial charge in [0, 0.05) is 18.0 Å². The molecule has 2 aromatic rings. The monoisotopic (exact) mass is 257 g/mol. The molecule has 0 bridgehead atoms. The van der Waals surface area contributed by atoms with Gasteiger partial charge in [-0.3, -0.25) is 0 Å². The molecule has 19 heavy (non-hydrogen) atoms. The maximum absolute atomic E-state index is 5.26. The molecule has 4 heteroatoms. The van der Waals surface area contributed by atoms with Gasteiger partial charge in [0.1, 0.15) is 11.6 Å². The molecule has 1 aliphatic heterocycles. The van der Waals surface area contributed by atoms with E-state index in [9.17, 15) is 0 Å². The third-order valence-electron chi connectivity index (χ3n) is 3.64. The van der Waals surface area contributed by atoms with Crippen LogP contribution in [0.25, 0.3) is 10.9 Å². The Morgan fingerprint density at radius 2 is 2.26 bits per heavy atom. The lowest BCUT2D eigenvalue weighted by Crippen LogP contribution is -2.22. The quantitative estimate of drug-likeness (QED) is 0.886. The van der Waals surface area contributed by atoms with Crippen molar-refractivity contribution >= 4 is 16.7 Å². The highest BCUT2D eigenvalue weighted by Crippen LogP contribution is 2.25. The lowest BCUT2D eigenvalue weighted by molar-refractivity contribution is 0.415. The third kappa shape index (κ3) is 2.49. The smallest absolute Gasteiger partial charge is 0.127 e. The van der Waals surface area contributed by atoms with Gasteiger partial charge >= 0.3 is 0 Å². The van der Waals surface area contributed by atoms with Crippen LogP contribution in [0, 0.1) is 6.92 Å². The summed E-state index contributed by atoms with van der Waals surface area (Å²) in [5, 5.41) is 8.00. The van der Waals surface area contributed by atoms with Gasteiger partial charge in [0.25, 0.3) is 0 Å². The number of nitrogens with zero attached hydrogens (tertiary/aromatic N) is 1. The molecule has 0 saturated carbocycles. The van der Waals surface area contributed by atoms with Gasteiger partial charge in [-0.1, -0.05) is 0 Å². The number of anilines is 1. The van der Waals surface area contributed by atoms with Crippen molar-refractivity contribution < 1.29 is 4.74 Å². The Labute approximate surface area is 113 Å². The highest BCUT2D eigenvalue weighted by atomic mass is 16.5. The summed E-state index contributed by atoms with van der Waals surface area (Å²) in [6, 6.07) is 8.61. The van der Waals surface area contributed by atoms with E-state index in [1.165, 1.54) is 5.56 Å². The predicted octanol–water partition coefficient (Wildman–Crippen LogP) is 2.33. The van der Waals surface area contributed by atoms with Crippen LogP contribution >= 0.6 is 0 Å². The van der Waals surface area contributed by atoms with E-state index in [4.69, 9.17) is 4.74 Å². The molecule has 0 aliphatic carbocycles. The number of pyridine rings is 1. The number of hydrogen-bond acceptors (Lipinski definition) is 4. The maximum atomic E-state index is 5.26. The predicted molar refractivity (Wildman–Crippen MR) is 77.9 cm³/mol. The average Bonchev–Trinajstić information content (AvgIpc) is 2.91. The SMILES string of the molecule is COc1ccc2nc(NC3CCNC3)cc(C)c2c1. The molecular formula is C15H19N3O. The van der Waals surface area contributed by atoms with Crippen LogP contribution in [0.2, 0.25) is 0 Å². The first-order valence-electron chi connectivity index (χ1n) is 6.69. The van der Waals surface area contributed by atoms with Crippen molar-refractivity contribution in [3.05, 3.63) is 29.8 Å². The standard InChI is InChI=1S/C15H19N3O/c1-10-7-15(17-11-5-6-16-9-11)18-14-4-3-12(19-2)8-13(10)14/h3-4,7-8,11,16H,5-6,9H2,1-2H3,(H,17,18). The van der Waals surface area contributed by atoms with E-state index in [0.717, 1.165) is 42.0 Å². The van der Waals surface area contributed by atoms with Gasteiger partial charge in [0.05, 0.1) is 12.6 Å². The average molecular weight is 257 g/mol. The zero-order chi connectivity index (χ0) is 13.2. The molecule has 1 fully saturated rings. The van der Waals surface area contributed by atoms with E-state index >= 15 is 0 Å². The second-order valence-electron chi connectivity index (χ2n) is 5.04. The molecule has 2 heterocycles. The molecule has 1 aliphatic rings. The first kappa shape index (κ1) is 12.2. The van der Waals surface area contributed by atoms with E-state index in [2.05, 4.69) is 28.6 Å². The maximum Gasteiger partial charge on any atom is 0.127 e. The van der Waals surface area contributed by atoms with Crippen LogP contribution in [-0.4, -0.2) is 31.2 Å². The Hall–Kier alpha value is -1.81. The van der Waals surface area contributed by atoms with E-state index in [1.807, 2.05) is 18.2 Å². The second-order valence-corrected chi connectivity index (χ2v) is 5.04. The van der Waals surface area contributed by atoms with Gasteiger partial charge < -0.3 is 15.4 Å². The summed E-state index contributed by atoms with van der Waals surface area (Å²) in [6.45, 7) is 4.21. The molecule has 4 nitrogen and oxygen atoms in total. The summed E-state index contributed by atoms with van der Waals surface area (Å²) in [6.07, 6.45) is 1.15. The Morgan fingerprint density at radius 3 is 3.00 bits per heavy atom. The molecule has 0 amide bonds. The lowest BCUT2D eigenvalue weighted by Gasteiger charge is -2.14. The van der Waals surface area contributed by atoms with E-state index in [0.29, 0.717) is 6.04 Å². The zero-order valence-corrected chi connectivity index (χ0v) is 11.4. The van der Waals surface area contributed by atoms with Crippen molar-refractivity contribution in [3.63, 3.8) is 0 Å². The van der Waals surface area contributed by atoms with Crippen LogP contribution < -0.4 is 15.4 Å². The van der Waals surface area contributed by atoms with Gasteiger partial charge in [-0.25, -0.2) is 4.98 Å². The Balaban J connectivity index is 1.94. The van der Waals surface area contributed by atoms with Crippen molar-refractivity contribution in [1.82, 2.24) is 10.3 Å². The number of aromatic nitrogens is 1. The highest BCUT2D eigenvalue weighted by molar-refractivity contribution is 5.85. The van der Waals surface area contributed by atoms with Gasteiger partial charge in [-0.15, -0.1) is 0 Å². The van der Waals surface area contributed by atoms with Gasteiger partial charge in [-0.05, 0) is 49.7 Å². The van der Waals surface area contributed by atoms with Gasteiger partial charge in [-0.2, -0.15) is 0 Å². The molecule has 0 spiro atoms. The van der Waals surface area contributed by atoms with Crippen LogP contribution in [-0.2, 0) is 0 Å². The summed E-state index contributed by atoms with van der Waals surface area (Å²) in [4.78, 5) is 4.68. The van der Waals surface area contributed by atoms with Crippen LogP contribution in [0.15, 0.2) is 24.3 Å². The zero-order valence-electron chi connectivity index (χ0n) is 11.4. The fourth-order valence-corrected chi connectivity index (χ4v) is 2.56. The third-order valence-corrected chi connectivity index (χ3v) is 3.64. The minimum atomic E-state index is 0.489. The molecule has 3 rings (SSSR count). The Morgan fingerprint density at radius 1 is 1.37 bits per heavy atom.